The van der Waals surface area contributed by atoms with Gasteiger partial charge in [0.05, 0.1) is 42.7 Å². The highest BCUT2D eigenvalue weighted by Gasteiger charge is 2.39. The smallest absolute Gasteiger partial charge is 0.242 e. The maximum atomic E-state index is 14.0. The Kier molecular flexibility index (Phi) is 7.80. The third-order valence-electron chi connectivity index (χ3n) is 7.56. The fourth-order valence-electron chi connectivity index (χ4n) is 5.47. The van der Waals surface area contributed by atoms with E-state index in [-0.39, 0.29) is 29.4 Å². The van der Waals surface area contributed by atoms with Crippen LogP contribution in [0, 0.1) is 6.92 Å². The zero-order valence-corrected chi connectivity index (χ0v) is 24.0. The summed E-state index contributed by atoms with van der Waals surface area (Å²) in [6.45, 7) is 3.97. The monoisotopic (exact) mass is 568 g/mol. The fraction of sp³-hybridized carbons (Fsp3) is 0.281. The van der Waals surface area contributed by atoms with Crippen molar-refractivity contribution in [1.29, 1.82) is 0 Å². The average Bonchev–Trinajstić information content (AvgIpc) is 3.34. The topological polar surface area (TPSA) is 76.9 Å². The lowest BCUT2D eigenvalue weighted by Gasteiger charge is -2.30. The summed E-state index contributed by atoms with van der Waals surface area (Å²) in [4.78, 5) is 31.0. The molecule has 9 heteroatoms. The molecule has 0 radical (unpaired) electrons. The highest BCUT2D eigenvalue weighted by atomic mass is 32.2. The number of amides is 2. The van der Waals surface area contributed by atoms with Crippen molar-refractivity contribution < 1.29 is 19.1 Å². The molecule has 1 fully saturated rings. The van der Waals surface area contributed by atoms with Crippen molar-refractivity contribution in [1.82, 2.24) is 14.7 Å². The van der Waals surface area contributed by atoms with Gasteiger partial charge in [0.2, 0.25) is 11.8 Å². The molecule has 2 amide bonds. The quantitative estimate of drug-likeness (QED) is 0.330. The Hall–Kier alpha value is -4.08. The first kappa shape index (κ1) is 27.1. The van der Waals surface area contributed by atoms with Crippen LogP contribution in [0.2, 0.25) is 0 Å². The number of aryl methyl sites for hydroxylation is 1. The standard InChI is InChI=1S/C32H32N4O4S/c1-22-10-6-8-14-25(22)36-32-29(30(33-36)23-11-4-3-5-12-23)31(24-13-7-9-15-26(24)39-2)41-21-28(38)35(32)20-27(37)34-16-18-40-19-17-34/h3-15,31H,16-21H2,1-2H3. The number of nitrogens with zero attached hydrogens (tertiary/aromatic N) is 4. The van der Waals surface area contributed by atoms with Crippen LogP contribution in [0.15, 0.2) is 78.9 Å². The summed E-state index contributed by atoms with van der Waals surface area (Å²) in [5.74, 6) is 1.32. The first-order chi connectivity index (χ1) is 20.1. The second-order valence-electron chi connectivity index (χ2n) is 10.1. The van der Waals surface area contributed by atoms with Gasteiger partial charge in [0.25, 0.3) is 0 Å². The molecule has 1 aromatic heterocycles. The predicted molar refractivity (Wildman–Crippen MR) is 161 cm³/mol. The Balaban J connectivity index is 1.61. The second-order valence-corrected chi connectivity index (χ2v) is 11.1. The molecule has 1 atom stereocenters. The van der Waals surface area contributed by atoms with Gasteiger partial charge in [-0.05, 0) is 24.6 Å². The van der Waals surface area contributed by atoms with Gasteiger partial charge in [0, 0.05) is 29.8 Å². The van der Waals surface area contributed by atoms with Crippen molar-refractivity contribution >= 4 is 29.4 Å². The number of benzene rings is 3. The number of methoxy groups -OCH3 is 1. The number of carbonyl (C=O) groups is 2. The SMILES string of the molecule is COc1ccccc1C1SCC(=O)N(CC(=O)N2CCOCC2)c2c1c(-c1ccccc1)nn2-c1ccccc1C. The number of rotatable bonds is 6. The van der Waals surface area contributed by atoms with Gasteiger partial charge in [-0.25, -0.2) is 4.68 Å². The van der Waals surface area contributed by atoms with Gasteiger partial charge in [0.15, 0.2) is 0 Å². The summed E-state index contributed by atoms with van der Waals surface area (Å²) < 4.78 is 13.1. The van der Waals surface area contributed by atoms with E-state index < -0.39 is 0 Å². The van der Waals surface area contributed by atoms with E-state index in [0.29, 0.717) is 32.1 Å². The van der Waals surface area contributed by atoms with Gasteiger partial charge in [-0.3, -0.25) is 14.5 Å². The molecule has 6 rings (SSSR count). The van der Waals surface area contributed by atoms with Crippen molar-refractivity contribution in [2.75, 3.05) is 50.6 Å². The molecule has 2 aliphatic rings. The molecule has 41 heavy (non-hydrogen) atoms. The normalized spacial score (nSPS) is 17.2. The van der Waals surface area contributed by atoms with Crippen LogP contribution in [0.5, 0.6) is 5.75 Å². The van der Waals surface area contributed by atoms with Crippen LogP contribution in [0.1, 0.15) is 21.9 Å². The van der Waals surface area contributed by atoms with Crippen LogP contribution >= 0.6 is 11.8 Å². The molecular formula is C32H32N4O4S. The third-order valence-corrected chi connectivity index (χ3v) is 8.80. The summed E-state index contributed by atoms with van der Waals surface area (Å²) in [6.07, 6.45) is 0. The summed E-state index contributed by atoms with van der Waals surface area (Å²) in [7, 11) is 1.66. The van der Waals surface area contributed by atoms with Gasteiger partial charge in [-0.1, -0.05) is 66.7 Å². The minimum atomic E-state index is -0.262. The molecule has 2 aliphatic heterocycles. The lowest BCUT2D eigenvalue weighted by molar-refractivity contribution is -0.134. The van der Waals surface area contributed by atoms with Crippen molar-refractivity contribution in [2.24, 2.45) is 0 Å². The Labute approximate surface area is 243 Å². The number of thioether (sulfide) groups is 1. The predicted octanol–water partition coefficient (Wildman–Crippen LogP) is 4.88. The van der Waals surface area contributed by atoms with Crippen LogP contribution in [0.25, 0.3) is 16.9 Å². The van der Waals surface area contributed by atoms with Crippen LogP contribution in [0.4, 0.5) is 5.82 Å². The van der Waals surface area contributed by atoms with Crippen LogP contribution in [0.3, 0.4) is 0 Å². The van der Waals surface area contributed by atoms with Gasteiger partial charge in [-0.2, -0.15) is 5.10 Å². The number of ether oxygens (including phenoxy) is 2. The molecule has 1 saturated heterocycles. The summed E-state index contributed by atoms with van der Waals surface area (Å²) in [5, 5.41) is 4.93. The zero-order valence-electron chi connectivity index (χ0n) is 23.2. The summed E-state index contributed by atoms with van der Waals surface area (Å²) >= 11 is 1.54. The largest absolute Gasteiger partial charge is 0.496 e. The fourth-order valence-corrected chi connectivity index (χ4v) is 6.70. The Morgan fingerprint density at radius 2 is 1.71 bits per heavy atom. The number of morpholine rings is 1. The lowest BCUT2D eigenvalue weighted by Crippen LogP contribution is -2.48. The molecule has 1 unspecified atom stereocenters. The highest BCUT2D eigenvalue weighted by molar-refractivity contribution is 8.00. The van der Waals surface area contributed by atoms with E-state index in [1.165, 1.54) is 11.8 Å². The lowest BCUT2D eigenvalue weighted by atomic mass is 9.99. The number of anilines is 1. The minimum absolute atomic E-state index is 0.0726. The van der Waals surface area contributed by atoms with Crippen molar-refractivity contribution in [3.63, 3.8) is 0 Å². The highest BCUT2D eigenvalue weighted by Crippen LogP contribution is 2.50. The molecule has 8 nitrogen and oxygen atoms in total. The number of carbonyl (C=O) groups excluding carboxylic acids is 2. The van der Waals surface area contributed by atoms with Gasteiger partial charge < -0.3 is 14.4 Å². The number of fused-ring (bicyclic) bond motifs is 1. The minimum Gasteiger partial charge on any atom is -0.496 e. The van der Waals surface area contributed by atoms with Gasteiger partial charge >= 0.3 is 0 Å². The molecule has 0 bridgehead atoms. The third kappa shape index (κ3) is 5.23. The van der Waals surface area contributed by atoms with Gasteiger partial charge in [-0.15, -0.1) is 11.8 Å². The van der Waals surface area contributed by atoms with E-state index in [1.807, 2.05) is 90.5 Å². The van der Waals surface area contributed by atoms with Gasteiger partial charge in [0.1, 0.15) is 18.1 Å². The molecule has 0 saturated carbocycles. The summed E-state index contributed by atoms with van der Waals surface area (Å²) in [5.41, 5.74) is 5.41. The maximum absolute atomic E-state index is 14.0. The van der Waals surface area contributed by atoms with E-state index in [4.69, 9.17) is 14.6 Å². The number of hydrogen-bond donors (Lipinski definition) is 0. The number of aromatic nitrogens is 2. The van der Waals surface area contributed by atoms with Crippen molar-refractivity contribution in [2.45, 2.75) is 12.2 Å². The molecule has 0 aliphatic carbocycles. The van der Waals surface area contributed by atoms with E-state index in [2.05, 4.69) is 0 Å². The second kappa shape index (κ2) is 11.8. The molecular weight excluding hydrogens is 536 g/mol. The van der Waals surface area contributed by atoms with Crippen molar-refractivity contribution in [3.8, 4) is 22.7 Å². The van der Waals surface area contributed by atoms with E-state index >= 15 is 0 Å². The van der Waals surface area contributed by atoms with Crippen LogP contribution < -0.4 is 9.64 Å². The van der Waals surface area contributed by atoms with Crippen LogP contribution in [-0.2, 0) is 14.3 Å². The first-order valence-corrected chi connectivity index (χ1v) is 14.8. The molecule has 3 aromatic carbocycles. The molecule has 0 N–H and O–H groups in total. The summed E-state index contributed by atoms with van der Waals surface area (Å²) in [6, 6.07) is 25.9. The number of para-hydroxylation sites is 2. The van der Waals surface area contributed by atoms with Crippen molar-refractivity contribution in [3.05, 3.63) is 95.6 Å². The molecule has 4 aromatic rings. The molecule has 3 heterocycles. The average molecular weight is 569 g/mol. The first-order valence-electron chi connectivity index (χ1n) is 13.7. The van der Waals surface area contributed by atoms with E-state index in [0.717, 1.165) is 39.4 Å². The maximum Gasteiger partial charge on any atom is 0.242 e. The zero-order chi connectivity index (χ0) is 28.3. The molecule has 210 valence electrons. The number of hydrogen-bond acceptors (Lipinski definition) is 6. The molecule has 0 spiro atoms. The Morgan fingerprint density at radius 1 is 1.00 bits per heavy atom. The Bertz CT molecular complexity index is 1570. The van der Waals surface area contributed by atoms with E-state index in [1.54, 1.807) is 16.9 Å². The Morgan fingerprint density at radius 3 is 2.46 bits per heavy atom. The van der Waals surface area contributed by atoms with E-state index in [9.17, 15) is 9.59 Å². The van der Waals surface area contributed by atoms with Crippen LogP contribution in [-0.4, -0.2) is 72.2 Å².